The van der Waals surface area contributed by atoms with Gasteiger partial charge in [-0.25, -0.2) is 8.42 Å². The van der Waals surface area contributed by atoms with E-state index in [1.165, 1.54) is 0 Å². The van der Waals surface area contributed by atoms with Crippen molar-refractivity contribution < 1.29 is 8.42 Å². The van der Waals surface area contributed by atoms with Crippen molar-refractivity contribution in [2.45, 2.75) is 43.7 Å². The van der Waals surface area contributed by atoms with E-state index in [9.17, 15) is 8.42 Å². The van der Waals surface area contributed by atoms with Gasteiger partial charge in [-0.05, 0) is 55.7 Å². The molecule has 0 bridgehead atoms. The van der Waals surface area contributed by atoms with Crippen molar-refractivity contribution in [3.63, 3.8) is 0 Å². The topological polar surface area (TPSA) is 49.4 Å². The molecule has 0 aliphatic carbocycles. The fourth-order valence-corrected chi connectivity index (χ4v) is 5.05. The Morgan fingerprint density at radius 3 is 2.52 bits per heavy atom. The number of anilines is 1. The lowest BCUT2D eigenvalue weighted by atomic mass is 10.1. The van der Waals surface area contributed by atoms with Gasteiger partial charge < -0.3 is 5.32 Å². The Balaban J connectivity index is 1.70. The van der Waals surface area contributed by atoms with Crippen molar-refractivity contribution in [2.24, 2.45) is 0 Å². The van der Waals surface area contributed by atoms with Crippen molar-refractivity contribution in [3.05, 3.63) is 59.1 Å². The number of nitrogens with one attached hydrogen (secondary N) is 1. The van der Waals surface area contributed by atoms with E-state index < -0.39 is 10.0 Å². The van der Waals surface area contributed by atoms with Crippen molar-refractivity contribution in [1.29, 1.82) is 0 Å². The van der Waals surface area contributed by atoms with Crippen LogP contribution in [0.4, 0.5) is 5.69 Å². The molecule has 25 heavy (non-hydrogen) atoms. The Labute approximate surface area is 154 Å². The highest BCUT2D eigenvalue weighted by Crippen LogP contribution is 2.26. The van der Waals surface area contributed by atoms with Crippen LogP contribution in [-0.2, 0) is 16.6 Å². The first-order chi connectivity index (χ1) is 12.0. The third-order valence-corrected chi connectivity index (χ3v) is 7.04. The van der Waals surface area contributed by atoms with Crippen LogP contribution < -0.4 is 5.32 Å². The van der Waals surface area contributed by atoms with Gasteiger partial charge >= 0.3 is 0 Å². The van der Waals surface area contributed by atoms with Gasteiger partial charge in [0, 0.05) is 29.8 Å². The molecule has 4 nitrogen and oxygen atoms in total. The summed E-state index contributed by atoms with van der Waals surface area (Å²) in [4.78, 5) is 0.351. The summed E-state index contributed by atoms with van der Waals surface area (Å²) < 4.78 is 27.3. The van der Waals surface area contributed by atoms with Crippen molar-refractivity contribution in [3.8, 4) is 0 Å². The summed E-state index contributed by atoms with van der Waals surface area (Å²) in [7, 11) is -3.42. The smallest absolute Gasteiger partial charge is 0.243 e. The monoisotopic (exact) mass is 378 g/mol. The van der Waals surface area contributed by atoms with E-state index in [0.29, 0.717) is 23.0 Å². The maximum absolute atomic E-state index is 12.8. The first-order valence-corrected chi connectivity index (χ1v) is 10.4. The van der Waals surface area contributed by atoms with Gasteiger partial charge in [0.1, 0.15) is 0 Å². The van der Waals surface area contributed by atoms with Crippen molar-refractivity contribution in [2.75, 3.05) is 11.9 Å². The number of piperidine rings is 1. The highest BCUT2D eigenvalue weighted by molar-refractivity contribution is 7.89. The van der Waals surface area contributed by atoms with E-state index in [-0.39, 0.29) is 6.04 Å². The summed E-state index contributed by atoms with van der Waals surface area (Å²) in [5.41, 5.74) is 1.87. The van der Waals surface area contributed by atoms with Crippen LogP contribution in [0.15, 0.2) is 53.4 Å². The number of nitrogens with zero attached hydrogens (tertiary/aromatic N) is 1. The largest absolute Gasteiger partial charge is 0.381 e. The van der Waals surface area contributed by atoms with Crippen LogP contribution in [0.1, 0.15) is 31.7 Å². The minimum Gasteiger partial charge on any atom is -0.381 e. The molecule has 0 radical (unpaired) electrons. The number of rotatable bonds is 5. The van der Waals surface area contributed by atoms with Gasteiger partial charge in [0.15, 0.2) is 0 Å². The number of hydrogen-bond acceptors (Lipinski definition) is 3. The fourth-order valence-electron chi connectivity index (χ4n) is 3.15. The van der Waals surface area contributed by atoms with Crippen LogP contribution in [0.25, 0.3) is 0 Å². The summed E-state index contributed by atoms with van der Waals surface area (Å²) in [5.74, 6) is 0. The number of halogens is 1. The molecule has 1 heterocycles. The zero-order valence-corrected chi connectivity index (χ0v) is 15.9. The van der Waals surface area contributed by atoms with Crippen LogP contribution >= 0.6 is 11.6 Å². The minimum atomic E-state index is -3.42. The van der Waals surface area contributed by atoms with E-state index in [1.807, 2.05) is 31.2 Å². The predicted octanol–water partition coefficient (Wildman–Crippen LogP) is 4.52. The maximum Gasteiger partial charge on any atom is 0.243 e. The molecule has 1 fully saturated rings. The second-order valence-corrected chi connectivity index (χ2v) is 8.73. The molecule has 3 rings (SSSR count). The number of sulfonamides is 1. The predicted molar refractivity (Wildman–Crippen MR) is 102 cm³/mol. The Morgan fingerprint density at radius 1 is 1.12 bits per heavy atom. The molecule has 0 saturated carbocycles. The van der Waals surface area contributed by atoms with Gasteiger partial charge in [-0.15, -0.1) is 0 Å². The molecular weight excluding hydrogens is 356 g/mol. The molecule has 6 heteroatoms. The molecule has 1 aliphatic rings. The lowest BCUT2D eigenvalue weighted by Crippen LogP contribution is -2.41. The van der Waals surface area contributed by atoms with E-state index >= 15 is 0 Å². The molecule has 0 amide bonds. The summed E-state index contributed by atoms with van der Waals surface area (Å²) in [6, 6.07) is 14.7. The SMILES string of the molecule is CC1CCCCN1S(=O)(=O)c1ccc(NCc2ccccc2Cl)cc1. The molecule has 1 N–H and O–H groups in total. The number of benzene rings is 2. The fraction of sp³-hybridized carbons (Fsp3) is 0.368. The van der Waals surface area contributed by atoms with Gasteiger partial charge in [0.25, 0.3) is 0 Å². The summed E-state index contributed by atoms with van der Waals surface area (Å²) in [6.07, 6.45) is 2.95. The van der Waals surface area contributed by atoms with Crippen LogP contribution in [0.3, 0.4) is 0 Å². The third kappa shape index (κ3) is 4.17. The van der Waals surface area contributed by atoms with E-state index in [4.69, 9.17) is 11.6 Å². The summed E-state index contributed by atoms with van der Waals surface area (Å²) in [6.45, 7) is 3.18. The van der Waals surface area contributed by atoms with E-state index in [2.05, 4.69) is 5.32 Å². The second-order valence-electron chi connectivity index (χ2n) is 6.43. The van der Waals surface area contributed by atoms with Crippen molar-refractivity contribution >= 4 is 27.3 Å². The van der Waals surface area contributed by atoms with Gasteiger partial charge in [-0.3, -0.25) is 0 Å². The Bertz CT molecular complexity index is 822. The first-order valence-electron chi connectivity index (χ1n) is 8.57. The Hall–Kier alpha value is -1.56. The zero-order valence-electron chi connectivity index (χ0n) is 14.3. The molecule has 0 spiro atoms. The molecule has 134 valence electrons. The Kier molecular flexibility index (Phi) is 5.67. The number of hydrogen-bond donors (Lipinski definition) is 1. The van der Waals surface area contributed by atoms with Crippen LogP contribution in [0.5, 0.6) is 0 Å². The lowest BCUT2D eigenvalue weighted by molar-refractivity contribution is 0.268. The molecule has 1 aliphatic heterocycles. The molecule has 1 saturated heterocycles. The van der Waals surface area contributed by atoms with E-state index in [0.717, 1.165) is 30.5 Å². The van der Waals surface area contributed by atoms with Gasteiger partial charge in [0.2, 0.25) is 10.0 Å². The molecule has 2 aromatic rings. The van der Waals surface area contributed by atoms with Crippen LogP contribution in [0, 0.1) is 0 Å². The molecule has 0 aromatic heterocycles. The van der Waals surface area contributed by atoms with Crippen molar-refractivity contribution in [1.82, 2.24) is 4.31 Å². The Morgan fingerprint density at radius 2 is 1.84 bits per heavy atom. The summed E-state index contributed by atoms with van der Waals surface area (Å²) in [5, 5.41) is 3.99. The minimum absolute atomic E-state index is 0.0665. The molecular formula is C19H23ClN2O2S. The first kappa shape index (κ1) is 18.2. The van der Waals surface area contributed by atoms with Gasteiger partial charge in [0.05, 0.1) is 4.90 Å². The van der Waals surface area contributed by atoms with Crippen LogP contribution in [0.2, 0.25) is 5.02 Å². The molecule has 1 unspecified atom stereocenters. The third-order valence-electron chi connectivity index (χ3n) is 4.64. The van der Waals surface area contributed by atoms with Gasteiger partial charge in [-0.2, -0.15) is 4.31 Å². The quantitative estimate of drug-likeness (QED) is 0.832. The second kappa shape index (κ2) is 7.77. The highest BCUT2D eigenvalue weighted by Gasteiger charge is 2.30. The standard InChI is InChI=1S/C19H23ClN2O2S/c1-15-6-4-5-13-22(15)25(23,24)18-11-9-17(10-12-18)21-14-16-7-2-3-8-19(16)20/h2-3,7-12,15,21H,4-6,13-14H2,1H3. The maximum atomic E-state index is 12.8. The zero-order chi connectivity index (χ0) is 17.9. The highest BCUT2D eigenvalue weighted by atomic mass is 35.5. The summed E-state index contributed by atoms with van der Waals surface area (Å²) >= 11 is 6.15. The lowest BCUT2D eigenvalue weighted by Gasteiger charge is -2.32. The average molecular weight is 379 g/mol. The van der Waals surface area contributed by atoms with Gasteiger partial charge in [-0.1, -0.05) is 36.2 Å². The van der Waals surface area contributed by atoms with Crippen LogP contribution in [-0.4, -0.2) is 25.3 Å². The molecule has 2 aromatic carbocycles. The normalized spacial score (nSPS) is 18.9. The molecule has 1 atom stereocenters. The van der Waals surface area contributed by atoms with E-state index in [1.54, 1.807) is 28.6 Å². The average Bonchev–Trinajstić information content (AvgIpc) is 2.61.